The highest BCUT2D eigenvalue weighted by atomic mass is 32.1. The number of rotatable bonds is 9. The Morgan fingerprint density at radius 3 is 2.55 bits per heavy atom. The van der Waals surface area contributed by atoms with Crippen LogP contribution in [0.1, 0.15) is 43.8 Å². The summed E-state index contributed by atoms with van der Waals surface area (Å²) in [6.07, 6.45) is 7.08. The van der Waals surface area contributed by atoms with Crippen molar-refractivity contribution in [2.75, 3.05) is 51.0 Å². The summed E-state index contributed by atoms with van der Waals surface area (Å²) in [6.45, 7) is 11.5. The van der Waals surface area contributed by atoms with Crippen molar-refractivity contribution < 1.29 is 29.3 Å². The summed E-state index contributed by atoms with van der Waals surface area (Å²) in [5, 5.41) is 22.1. The second-order valence-electron chi connectivity index (χ2n) is 10.5. The molecule has 0 radical (unpaired) electrons. The molecule has 0 amide bonds. The minimum atomic E-state index is -2.28. The number of nitrogens with zero attached hydrogens (tertiary/aromatic N) is 2. The number of anilines is 1. The average Bonchev–Trinajstić information content (AvgIpc) is 3.40. The largest absolute Gasteiger partial charge is 0.477 e. The fourth-order valence-electron chi connectivity index (χ4n) is 5.56. The molecule has 2 aromatic rings. The first-order valence-corrected chi connectivity index (χ1v) is 17.4. The van der Waals surface area contributed by atoms with Crippen LogP contribution < -0.4 is 10.1 Å². The minimum Gasteiger partial charge on any atom is -0.477 e. The van der Waals surface area contributed by atoms with E-state index in [1.165, 1.54) is 11.3 Å². The van der Waals surface area contributed by atoms with Gasteiger partial charge in [-0.15, -0.1) is 11.3 Å². The number of carboxylic acid groups (broad SMARTS) is 2. The number of aliphatic imine (C=N–C) groups is 1. The Morgan fingerprint density at radius 2 is 1.85 bits per heavy atom. The van der Waals surface area contributed by atoms with Crippen LogP contribution in [0.25, 0.3) is 5.57 Å². The van der Waals surface area contributed by atoms with Crippen LogP contribution in [-0.4, -0.2) is 82.0 Å². The Hall–Kier alpha value is -3.31. The van der Waals surface area contributed by atoms with Gasteiger partial charge >= 0.3 is 11.9 Å². The highest BCUT2D eigenvalue weighted by molar-refractivity contribution is 7.16. The van der Waals surface area contributed by atoms with Gasteiger partial charge in [-0.25, -0.2) is 9.59 Å². The van der Waals surface area contributed by atoms with Crippen molar-refractivity contribution in [2.45, 2.75) is 26.4 Å². The van der Waals surface area contributed by atoms with E-state index in [-0.39, 0.29) is 9.75 Å². The van der Waals surface area contributed by atoms with Crippen molar-refractivity contribution in [1.29, 1.82) is 0 Å². The van der Waals surface area contributed by atoms with E-state index in [0.29, 0.717) is 38.5 Å². The van der Waals surface area contributed by atoms with E-state index in [2.05, 4.69) is 49.2 Å². The maximum absolute atomic E-state index is 12.3. The van der Waals surface area contributed by atoms with E-state index in [9.17, 15) is 19.8 Å². The molecule has 210 valence electrons. The maximum atomic E-state index is 12.3. The first-order valence-electron chi connectivity index (χ1n) is 13.6. The lowest BCUT2D eigenvalue weighted by molar-refractivity contribution is 0.0693. The maximum Gasteiger partial charge on any atom is 0.346 e. The van der Waals surface area contributed by atoms with Gasteiger partial charge in [-0.3, -0.25) is 4.99 Å². The molecule has 1 aliphatic carbocycles. The zero-order valence-electron chi connectivity index (χ0n) is 23.0. The summed E-state index contributed by atoms with van der Waals surface area (Å²) in [5.74, 6) is -2.26. The fourth-order valence-corrected chi connectivity index (χ4v) is 9.47. The van der Waals surface area contributed by atoms with Crippen LogP contribution >= 0.6 is 11.3 Å². The van der Waals surface area contributed by atoms with Crippen molar-refractivity contribution in [3.05, 3.63) is 74.1 Å². The molecule has 0 bridgehead atoms. The zero-order chi connectivity index (χ0) is 28.4. The predicted molar refractivity (Wildman–Crippen MR) is 161 cm³/mol. The number of carbonyl (C=O) groups is 2. The summed E-state index contributed by atoms with van der Waals surface area (Å²) in [6, 6.07) is 7.94. The third kappa shape index (κ3) is 5.36. The average molecular weight is 579 g/mol. The van der Waals surface area contributed by atoms with E-state index in [1.54, 1.807) is 0 Å². The summed E-state index contributed by atoms with van der Waals surface area (Å²) >= 11 is 0.802. The first kappa shape index (κ1) is 28.2. The van der Waals surface area contributed by atoms with Gasteiger partial charge in [0.05, 0.1) is 32.1 Å². The van der Waals surface area contributed by atoms with Crippen molar-refractivity contribution in [2.24, 2.45) is 4.99 Å². The molecule has 40 heavy (non-hydrogen) atoms. The lowest BCUT2D eigenvalue weighted by Gasteiger charge is -2.39. The molecule has 1 aromatic carbocycles. The number of fused-ring (bicyclic) bond motifs is 2. The van der Waals surface area contributed by atoms with Gasteiger partial charge in [-0.2, -0.15) is 0 Å². The Balaban J connectivity index is 1.69. The molecule has 1 fully saturated rings. The van der Waals surface area contributed by atoms with Gasteiger partial charge in [-0.05, 0) is 63.9 Å². The van der Waals surface area contributed by atoms with Gasteiger partial charge in [0.25, 0.3) is 0 Å². The lowest BCUT2D eigenvalue weighted by Crippen LogP contribution is -2.50. The Labute approximate surface area is 239 Å². The van der Waals surface area contributed by atoms with E-state index in [1.807, 2.05) is 12.2 Å². The number of ether oxygens (including phenoxy) is 2. The van der Waals surface area contributed by atoms with Crippen molar-refractivity contribution in [3.8, 4) is 0 Å². The SMILES string of the molecule is CCCOCCN=C1C=CC2=C(c3cc(C(=O)O)sc3C(=O)O)c3ccc(N4CCOCC4)cc3[Si](C)(C)C2=C1. The molecule has 1 aromatic heterocycles. The third-order valence-electron chi connectivity index (χ3n) is 7.55. The molecule has 3 heterocycles. The quantitative estimate of drug-likeness (QED) is 0.330. The van der Waals surface area contributed by atoms with E-state index in [4.69, 9.17) is 14.5 Å². The van der Waals surface area contributed by atoms with Crippen LogP contribution in [0.2, 0.25) is 13.1 Å². The van der Waals surface area contributed by atoms with Crippen LogP contribution in [0.3, 0.4) is 0 Å². The highest BCUT2D eigenvalue weighted by Gasteiger charge is 2.41. The number of hydrogen-bond donors (Lipinski definition) is 2. The van der Waals surface area contributed by atoms with Crippen molar-refractivity contribution >= 4 is 53.5 Å². The van der Waals surface area contributed by atoms with Gasteiger partial charge in [0, 0.05) is 30.9 Å². The van der Waals surface area contributed by atoms with E-state index < -0.39 is 20.0 Å². The number of thiophene rings is 1. The minimum absolute atomic E-state index is 0.00807. The van der Waals surface area contributed by atoms with E-state index in [0.717, 1.165) is 64.2 Å². The third-order valence-corrected chi connectivity index (χ3v) is 12.2. The first-order chi connectivity index (χ1) is 19.2. The number of carboxylic acids is 2. The van der Waals surface area contributed by atoms with Crippen LogP contribution in [0, 0.1) is 0 Å². The predicted octanol–water partition coefficient (Wildman–Crippen LogP) is 4.62. The van der Waals surface area contributed by atoms with Gasteiger partial charge in [-0.1, -0.05) is 32.2 Å². The lowest BCUT2D eigenvalue weighted by atomic mass is 9.89. The Morgan fingerprint density at radius 1 is 1.07 bits per heavy atom. The van der Waals surface area contributed by atoms with Gasteiger partial charge in [0.15, 0.2) is 0 Å². The van der Waals surface area contributed by atoms with Crippen molar-refractivity contribution in [1.82, 2.24) is 0 Å². The number of morpholine rings is 1. The van der Waals surface area contributed by atoms with Crippen LogP contribution in [-0.2, 0) is 9.47 Å². The highest BCUT2D eigenvalue weighted by Crippen LogP contribution is 2.44. The summed E-state index contributed by atoms with van der Waals surface area (Å²) in [7, 11) is -2.28. The summed E-state index contributed by atoms with van der Waals surface area (Å²) in [5.41, 5.74) is 5.11. The molecule has 2 aliphatic heterocycles. The van der Waals surface area contributed by atoms with Gasteiger partial charge in [0.1, 0.15) is 17.8 Å². The zero-order valence-corrected chi connectivity index (χ0v) is 24.8. The molecular formula is C30H34N2O6SSi. The molecule has 0 atom stereocenters. The molecule has 0 saturated carbocycles. The molecule has 5 rings (SSSR count). The van der Waals surface area contributed by atoms with Gasteiger partial charge in [0.2, 0.25) is 0 Å². The standard InChI is InChI=1S/C30H34N2O6SSi/c1-4-12-37-13-9-31-19-5-7-21-25(16-19)40(2,3)26-17-20(32-10-14-38-15-11-32)6-8-22(26)27(21)23-18-24(29(33)34)39-28(23)30(35)36/h5-8,16-18H,4,9-15H2,1-3H3,(H,33,34)(H,35,36). The fraction of sp³-hybridized carbons (Fsp3) is 0.367. The smallest absolute Gasteiger partial charge is 0.346 e. The molecule has 0 unspecified atom stereocenters. The molecule has 8 nitrogen and oxygen atoms in total. The van der Waals surface area contributed by atoms with E-state index >= 15 is 0 Å². The normalized spacial score (nSPS) is 18.9. The van der Waals surface area contributed by atoms with Crippen molar-refractivity contribution in [3.63, 3.8) is 0 Å². The van der Waals surface area contributed by atoms with Crippen LogP contribution in [0.5, 0.6) is 0 Å². The Bertz CT molecular complexity index is 1460. The monoisotopic (exact) mass is 578 g/mol. The molecule has 0 spiro atoms. The molecule has 2 N–H and O–H groups in total. The molecule has 1 saturated heterocycles. The van der Waals surface area contributed by atoms with Crippen LogP contribution in [0.15, 0.2) is 58.3 Å². The summed E-state index contributed by atoms with van der Waals surface area (Å²) in [4.78, 5) is 31.3. The topological polar surface area (TPSA) is 109 Å². The molecule has 10 heteroatoms. The second kappa shape index (κ2) is 11.7. The second-order valence-corrected chi connectivity index (χ2v) is 15.9. The number of benzene rings is 1. The number of allylic oxidation sites excluding steroid dienone is 5. The molecule has 3 aliphatic rings. The Kier molecular flexibility index (Phi) is 8.23. The number of hydrogen-bond acceptors (Lipinski definition) is 7. The van der Waals surface area contributed by atoms with Crippen LogP contribution in [0.4, 0.5) is 5.69 Å². The molecular weight excluding hydrogens is 544 g/mol. The summed E-state index contributed by atoms with van der Waals surface area (Å²) < 4.78 is 11.2. The van der Waals surface area contributed by atoms with Gasteiger partial charge < -0.3 is 24.6 Å². The number of aromatic carboxylic acids is 2.